The third-order valence-electron chi connectivity index (χ3n) is 4.68. The molecule has 2 N–H and O–H groups in total. The molecular weight excluding hydrogens is 380 g/mol. The molecule has 30 heavy (non-hydrogen) atoms. The lowest BCUT2D eigenvalue weighted by molar-refractivity contribution is -0.123. The van der Waals surface area contributed by atoms with Gasteiger partial charge in [-0.3, -0.25) is 20.4 Å². The van der Waals surface area contributed by atoms with Gasteiger partial charge in [0.05, 0.1) is 7.11 Å². The van der Waals surface area contributed by atoms with Crippen molar-refractivity contribution in [3.05, 3.63) is 59.2 Å². The summed E-state index contributed by atoms with van der Waals surface area (Å²) in [6.07, 6.45) is 0. The number of benzene rings is 2. The van der Waals surface area contributed by atoms with E-state index in [0.717, 1.165) is 5.56 Å². The molecule has 162 valence electrons. The molecular formula is C24H32N2O4. The maximum Gasteiger partial charge on any atom is 0.276 e. The Morgan fingerprint density at radius 3 is 2.03 bits per heavy atom. The second-order valence-corrected chi connectivity index (χ2v) is 9.23. The molecule has 2 aromatic rings. The number of ether oxygens (including phenoxy) is 2. The Labute approximate surface area is 178 Å². The van der Waals surface area contributed by atoms with E-state index in [9.17, 15) is 9.59 Å². The smallest absolute Gasteiger partial charge is 0.276 e. The molecule has 0 fully saturated rings. The lowest BCUT2D eigenvalue weighted by Gasteiger charge is -2.27. The molecule has 2 amide bonds. The van der Waals surface area contributed by atoms with Crippen molar-refractivity contribution in [2.24, 2.45) is 0 Å². The Hall–Kier alpha value is -3.02. The van der Waals surface area contributed by atoms with E-state index in [2.05, 4.69) is 58.5 Å². The van der Waals surface area contributed by atoms with Crippen molar-refractivity contribution in [2.45, 2.75) is 52.4 Å². The van der Waals surface area contributed by atoms with Gasteiger partial charge >= 0.3 is 0 Å². The first-order valence-electron chi connectivity index (χ1n) is 9.93. The van der Waals surface area contributed by atoms with E-state index >= 15 is 0 Å². The average Bonchev–Trinajstić information content (AvgIpc) is 2.69. The summed E-state index contributed by atoms with van der Waals surface area (Å²) >= 11 is 0. The zero-order valence-electron chi connectivity index (χ0n) is 18.9. The normalized spacial score (nSPS) is 11.6. The predicted molar refractivity (Wildman–Crippen MR) is 118 cm³/mol. The third-order valence-corrected chi connectivity index (χ3v) is 4.68. The monoisotopic (exact) mass is 412 g/mol. The topological polar surface area (TPSA) is 76.7 Å². The molecule has 0 aliphatic heterocycles. The Morgan fingerprint density at radius 1 is 0.867 bits per heavy atom. The molecule has 0 aliphatic rings. The lowest BCUT2D eigenvalue weighted by atomic mass is 9.80. The van der Waals surface area contributed by atoms with Crippen LogP contribution in [-0.4, -0.2) is 25.5 Å². The summed E-state index contributed by atoms with van der Waals surface area (Å²) in [5.41, 5.74) is 7.28. The van der Waals surface area contributed by atoms with E-state index in [-0.39, 0.29) is 17.4 Å². The van der Waals surface area contributed by atoms with Crippen LogP contribution in [-0.2, 0) is 15.6 Å². The highest BCUT2D eigenvalue weighted by atomic mass is 16.5. The molecule has 0 bridgehead atoms. The van der Waals surface area contributed by atoms with Crippen molar-refractivity contribution in [2.75, 3.05) is 13.7 Å². The maximum atomic E-state index is 12.2. The van der Waals surface area contributed by atoms with Gasteiger partial charge in [0.1, 0.15) is 11.5 Å². The van der Waals surface area contributed by atoms with Gasteiger partial charge in [-0.2, -0.15) is 0 Å². The molecule has 0 saturated heterocycles. The summed E-state index contributed by atoms with van der Waals surface area (Å²) < 4.78 is 10.8. The molecule has 0 aliphatic carbocycles. The van der Waals surface area contributed by atoms with Gasteiger partial charge in [-0.15, -0.1) is 0 Å². The predicted octanol–water partition coefficient (Wildman–Crippen LogP) is 4.13. The third kappa shape index (κ3) is 6.24. The van der Waals surface area contributed by atoms with Gasteiger partial charge in [0, 0.05) is 5.56 Å². The molecule has 6 nitrogen and oxygen atoms in total. The Morgan fingerprint density at radius 2 is 1.50 bits per heavy atom. The van der Waals surface area contributed by atoms with Crippen molar-refractivity contribution >= 4 is 11.8 Å². The number of nitrogens with one attached hydrogen (secondary N) is 2. The molecule has 6 heteroatoms. The fourth-order valence-corrected chi connectivity index (χ4v) is 2.83. The van der Waals surface area contributed by atoms with Gasteiger partial charge < -0.3 is 9.47 Å². The molecule has 0 heterocycles. The number of hydrogen-bond donors (Lipinski definition) is 2. The number of hydrazine groups is 1. The Balaban J connectivity index is 1.99. The second-order valence-electron chi connectivity index (χ2n) is 9.23. The van der Waals surface area contributed by atoms with Crippen molar-refractivity contribution in [3.8, 4) is 11.5 Å². The lowest BCUT2D eigenvalue weighted by Crippen LogP contribution is -2.43. The van der Waals surface area contributed by atoms with Crippen LogP contribution < -0.4 is 20.3 Å². The number of carbonyl (C=O) groups is 2. The molecule has 0 atom stereocenters. The molecule has 0 unspecified atom stereocenters. The van der Waals surface area contributed by atoms with E-state index in [1.165, 1.54) is 5.56 Å². The highest BCUT2D eigenvalue weighted by molar-refractivity contribution is 5.95. The van der Waals surface area contributed by atoms with Gasteiger partial charge in [0.15, 0.2) is 6.61 Å². The summed E-state index contributed by atoms with van der Waals surface area (Å²) in [6, 6.07) is 12.6. The highest BCUT2D eigenvalue weighted by Gasteiger charge is 2.23. The van der Waals surface area contributed by atoms with Gasteiger partial charge in [-0.25, -0.2) is 0 Å². The summed E-state index contributed by atoms with van der Waals surface area (Å²) in [4.78, 5) is 24.3. The summed E-state index contributed by atoms with van der Waals surface area (Å²) in [6.45, 7) is 12.6. The van der Waals surface area contributed by atoms with E-state index in [1.807, 2.05) is 12.1 Å². The first-order chi connectivity index (χ1) is 13.9. The number of methoxy groups -OCH3 is 1. The molecule has 0 aromatic heterocycles. The van der Waals surface area contributed by atoms with Crippen LogP contribution in [0.2, 0.25) is 0 Å². The van der Waals surface area contributed by atoms with Crippen molar-refractivity contribution < 1.29 is 19.1 Å². The van der Waals surface area contributed by atoms with Crippen molar-refractivity contribution in [3.63, 3.8) is 0 Å². The van der Waals surface area contributed by atoms with Gasteiger partial charge in [0.25, 0.3) is 11.8 Å². The quantitative estimate of drug-likeness (QED) is 0.724. The van der Waals surface area contributed by atoms with E-state index in [0.29, 0.717) is 17.1 Å². The van der Waals surface area contributed by atoms with Crippen LogP contribution in [0.1, 0.15) is 63.0 Å². The Kier molecular flexibility index (Phi) is 7.13. The van der Waals surface area contributed by atoms with Gasteiger partial charge in [0.2, 0.25) is 0 Å². The summed E-state index contributed by atoms with van der Waals surface area (Å²) in [5, 5.41) is 0. The zero-order valence-corrected chi connectivity index (χ0v) is 18.9. The molecule has 0 radical (unpaired) electrons. The van der Waals surface area contributed by atoms with Crippen LogP contribution in [0.3, 0.4) is 0 Å². The van der Waals surface area contributed by atoms with Crippen LogP contribution in [0, 0.1) is 0 Å². The number of rotatable bonds is 5. The minimum absolute atomic E-state index is 0.0155. The maximum absolute atomic E-state index is 12.2. The van der Waals surface area contributed by atoms with Crippen LogP contribution >= 0.6 is 0 Å². The molecule has 2 aromatic carbocycles. The van der Waals surface area contributed by atoms with Crippen LogP contribution in [0.15, 0.2) is 42.5 Å². The Bertz CT molecular complexity index is 891. The van der Waals surface area contributed by atoms with Crippen LogP contribution in [0.4, 0.5) is 0 Å². The summed E-state index contributed by atoms with van der Waals surface area (Å²) in [7, 11) is 1.55. The van der Waals surface area contributed by atoms with Gasteiger partial charge in [-0.1, -0.05) is 53.7 Å². The first kappa shape index (κ1) is 23.3. The molecule has 2 rings (SSSR count). The zero-order chi connectivity index (χ0) is 22.5. The minimum atomic E-state index is -0.448. The average molecular weight is 413 g/mol. The number of amides is 2. The SMILES string of the molecule is COc1ccc(C(=O)NNC(=O)COc2ccc(C(C)(C)C)cc2C(C)(C)C)cc1. The standard InChI is InChI=1S/C24H32N2O4/c1-23(2,3)17-10-13-20(19(14-17)24(4,5)6)30-15-21(27)25-26-22(28)16-8-11-18(29-7)12-9-16/h8-14H,15H2,1-7H3,(H,25,27)(H,26,28). The second kappa shape index (κ2) is 9.20. The fourth-order valence-electron chi connectivity index (χ4n) is 2.83. The van der Waals surface area contributed by atoms with E-state index < -0.39 is 11.8 Å². The molecule has 0 spiro atoms. The number of carbonyl (C=O) groups excluding carboxylic acids is 2. The first-order valence-corrected chi connectivity index (χ1v) is 9.93. The van der Waals surface area contributed by atoms with Crippen molar-refractivity contribution in [1.29, 1.82) is 0 Å². The van der Waals surface area contributed by atoms with Crippen LogP contribution in [0.25, 0.3) is 0 Å². The van der Waals surface area contributed by atoms with Crippen LogP contribution in [0.5, 0.6) is 11.5 Å². The molecule has 0 saturated carbocycles. The number of hydrogen-bond acceptors (Lipinski definition) is 4. The fraction of sp³-hybridized carbons (Fsp3) is 0.417. The summed E-state index contributed by atoms with van der Waals surface area (Å²) in [5.74, 6) is 0.441. The highest BCUT2D eigenvalue weighted by Crippen LogP contribution is 2.35. The van der Waals surface area contributed by atoms with E-state index in [4.69, 9.17) is 9.47 Å². The van der Waals surface area contributed by atoms with E-state index in [1.54, 1.807) is 31.4 Å². The largest absolute Gasteiger partial charge is 0.497 e. The van der Waals surface area contributed by atoms with Gasteiger partial charge in [-0.05, 0) is 52.3 Å². The van der Waals surface area contributed by atoms with Crippen molar-refractivity contribution in [1.82, 2.24) is 10.9 Å². The minimum Gasteiger partial charge on any atom is -0.497 e.